The van der Waals surface area contributed by atoms with Crippen molar-refractivity contribution in [3.63, 3.8) is 0 Å². The molecule has 0 spiro atoms. The quantitative estimate of drug-likeness (QED) is 0.748. The van der Waals surface area contributed by atoms with E-state index in [0.29, 0.717) is 5.56 Å². The van der Waals surface area contributed by atoms with Gasteiger partial charge in [0.05, 0.1) is 12.6 Å². The van der Waals surface area contributed by atoms with Gasteiger partial charge in [0.15, 0.2) is 5.75 Å². The fraction of sp³-hybridized carbons (Fsp3) is 0.118. The first-order valence-electron chi connectivity index (χ1n) is 6.75. The largest absolute Gasteiger partial charge is 0.505 e. The third-order valence-electron chi connectivity index (χ3n) is 3.50. The summed E-state index contributed by atoms with van der Waals surface area (Å²) in [4.78, 5) is 4.19. The Labute approximate surface area is 130 Å². The zero-order valence-corrected chi connectivity index (χ0v) is 12.1. The van der Waals surface area contributed by atoms with Gasteiger partial charge in [-0.3, -0.25) is 0 Å². The van der Waals surface area contributed by atoms with E-state index in [1.807, 2.05) is 0 Å². The fourth-order valence-electron chi connectivity index (χ4n) is 2.44. The third kappa shape index (κ3) is 2.67. The van der Waals surface area contributed by atoms with E-state index in [4.69, 9.17) is 4.74 Å². The summed E-state index contributed by atoms with van der Waals surface area (Å²) < 4.78 is 45.4. The number of methoxy groups -OCH3 is 1. The van der Waals surface area contributed by atoms with Crippen molar-refractivity contribution in [3.05, 3.63) is 54.1 Å². The highest BCUT2D eigenvalue weighted by Crippen LogP contribution is 2.45. The Bertz CT molecular complexity index is 861. The zero-order valence-electron chi connectivity index (χ0n) is 12.1. The summed E-state index contributed by atoms with van der Waals surface area (Å²) in [6.45, 7) is 0. The van der Waals surface area contributed by atoms with Crippen molar-refractivity contribution in [2.75, 3.05) is 7.11 Å². The minimum Gasteiger partial charge on any atom is -0.505 e. The number of aromatic nitrogens is 1. The van der Waals surface area contributed by atoms with Crippen LogP contribution in [0.2, 0.25) is 0 Å². The third-order valence-corrected chi connectivity index (χ3v) is 3.50. The Hall–Kier alpha value is -2.76. The van der Waals surface area contributed by atoms with Crippen molar-refractivity contribution in [2.24, 2.45) is 0 Å². The number of benzene rings is 2. The molecule has 118 valence electrons. The van der Waals surface area contributed by atoms with Crippen LogP contribution in [0.15, 0.2) is 48.5 Å². The number of pyridine rings is 1. The van der Waals surface area contributed by atoms with Crippen LogP contribution in [0.5, 0.6) is 11.5 Å². The molecule has 0 bridgehead atoms. The van der Waals surface area contributed by atoms with Gasteiger partial charge in [-0.1, -0.05) is 30.3 Å². The highest BCUT2D eigenvalue weighted by molar-refractivity contribution is 5.90. The molecule has 1 heterocycles. The lowest BCUT2D eigenvalue weighted by atomic mass is 10.0. The summed E-state index contributed by atoms with van der Waals surface area (Å²) in [7, 11) is 1.36. The van der Waals surface area contributed by atoms with Gasteiger partial charge < -0.3 is 9.84 Å². The number of ether oxygens (including phenoxy) is 1. The van der Waals surface area contributed by atoms with E-state index >= 15 is 0 Å². The number of nitrogens with zero attached hydrogens (tertiary/aromatic N) is 1. The van der Waals surface area contributed by atoms with Crippen LogP contribution in [-0.4, -0.2) is 17.2 Å². The van der Waals surface area contributed by atoms with Gasteiger partial charge in [0.25, 0.3) is 0 Å². The van der Waals surface area contributed by atoms with Crippen LogP contribution in [-0.2, 0) is 6.18 Å². The van der Waals surface area contributed by atoms with Gasteiger partial charge in [0.1, 0.15) is 17.0 Å². The Morgan fingerprint density at radius 2 is 1.74 bits per heavy atom. The van der Waals surface area contributed by atoms with E-state index in [1.165, 1.54) is 25.3 Å². The van der Waals surface area contributed by atoms with E-state index in [0.717, 1.165) is 0 Å². The molecule has 23 heavy (non-hydrogen) atoms. The first-order chi connectivity index (χ1) is 10.9. The molecular formula is C17H12F3NO2. The summed E-state index contributed by atoms with van der Waals surface area (Å²) in [6.07, 6.45) is -4.72. The molecule has 3 aromatic rings. The molecule has 0 radical (unpaired) electrons. The van der Waals surface area contributed by atoms with E-state index in [1.54, 1.807) is 30.3 Å². The second-order valence-corrected chi connectivity index (χ2v) is 4.93. The van der Waals surface area contributed by atoms with Crippen molar-refractivity contribution in [2.45, 2.75) is 6.18 Å². The predicted octanol–water partition coefficient (Wildman–Crippen LogP) is 4.63. The van der Waals surface area contributed by atoms with Crippen molar-refractivity contribution in [1.29, 1.82) is 0 Å². The average molecular weight is 319 g/mol. The van der Waals surface area contributed by atoms with Crippen LogP contribution < -0.4 is 4.74 Å². The summed E-state index contributed by atoms with van der Waals surface area (Å²) in [5.41, 5.74) is -0.668. The highest BCUT2D eigenvalue weighted by atomic mass is 19.4. The number of halogens is 3. The number of fused-ring (bicyclic) bond motifs is 1. The van der Waals surface area contributed by atoms with Crippen LogP contribution in [0, 0.1) is 0 Å². The van der Waals surface area contributed by atoms with Crippen LogP contribution in [0.3, 0.4) is 0 Å². The summed E-state index contributed by atoms with van der Waals surface area (Å²) in [6, 6.07) is 12.5. The fourth-order valence-corrected chi connectivity index (χ4v) is 2.44. The predicted molar refractivity (Wildman–Crippen MR) is 80.4 cm³/mol. The molecule has 0 unspecified atom stereocenters. The Morgan fingerprint density at radius 1 is 1.04 bits per heavy atom. The smallest absolute Gasteiger partial charge is 0.420 e. The van der Waals surface area contributed by atoms with Crippen molar-refractivity contribution < 1.29 is 23.0 Å². The van der Waals surface area contributed by atoms with Gasteiger partial charge in [-0.25, -0.2) is 4.98 Å². The lowest BCUT2D eigenvalue weighted by Gasteiger charge is -2.16. The van der Waals surface area contributed by atoms with E-state index in [9.17, 15) is 18.3 Å². The molecular weight excluding hydrogens is 307 g/mol. The maximum atomic E-state index is 13.5. The van der Waals surface area contributed by atoms with Crippen LogP contribution in [0.25, 0.3) is 22.2 Å². The van der Waals surface area contributed by atoms with E-state index in [2.05, 4.69) is 4.98 Å². The maximum absolute atomic E-state index is 13.5. The molecule has 3 rings (SSSR count). The molecule has 1 N–H and O–H groups in total. The minimum atomic E-state index is -4.72. The van der Waals surface area contributed by atoms with Crippen LogP contribution >= 0.6 is 0 Å². The molecule has 3 nitrogen and oxygen atoms in total. The first-order valence-corrected chi connectivity index (χ1v) is 6.75. The number of aromatic hydroxyl groups is 1. The highest BCUT2D eigenvalue weighted by Gasteiger charge is 2.38. The van der Waals surface area contributed by atoms with Gasteiger partial charge in [0, 0.05) is 10.9 Å². The molecule has 0 atom stereocenters. The zero-order chi connectivity index (χ0) is 16.6. The van der Waals surface area contributed by atoms with Gasteiger partial charge in [-0.15, -0.1) is 0 Å². The van der Waals surface area contributed by atoms with E-state index in [-0.39, 0.29) is 22.3 Å². The van der Waals surface area contributed by atoms with Crippen molar-refractivity contribution in [3.8, 4) is 22.8 Å². The SMILES string of the molecule is COc1ccc2nc(-c3ccccc3)c(O)c(C(F)(F)F)c2c1. The van der Waals surface area contributed by atoms with Crippen molar-refractivity contribution >= 4 is 10.9 Å². The molecule has 0 aliphatic rings. The lowest BCUT2D eigenvalue weighted by Crippen LogP contribution is -2.08. The standard InChI is InChI=1S/C17H12F3NO2/c1-23-11-7-8-13-12(9-11)14(17(18,19)20)16(22)15(21-13)10-5-3-2-4-6-10/h2-9,22H,1H3. The molecule has 6 heteroatoms. The maximum Gasteiger partial charge on any atom is 0.420 e. The molecule has 0 saturated carbocycles. The normalized spacial score (nSPS) is 11.7. The Morgan fingerprint density at radius 3 is 2.35 bits per heavy atom. The number of hydrogen-bond acceptors (Lipinski definition) is 3. The summed E-state index contributed by atoms with van der Waals surface area (Å²) >= 11 is 0. The number of alkyl halides is 3. The van der Waals surface area contributed by atoms with Crippen LogP contribution in [0.1, 0.15) is 5.56 Å². The first kappa shape index (κ1) is 15.1. The molecule has 2 aromatic carbocycles. The minimum absolute atomic E-state index is 0.101. The Balaban J connectivity index is 2.40. The number of rotatable bonds is 2. The van der Waals surface area contributed by atoms with Gasteiger partial charge in [0.2, 0.25) is 0 Å². The molecule has 0 aliphatic carbocycles. The monoisotopic (exact) mass is 319 g/mol. The van der Waals surface area contributed by atoms with Crippen LogP contribution in [0.4, 0.5) is 13.2 Å². The summed E-state index contributed by atoms with van der Waals surface area (Å²) in [5.74, 6) is -0.624. The average Bonchev–Trinajstić information content (AvgIpc) is 2.53. The molecule has 0 amide bonds. The molecule has 1 aromatic heterocycles. The van der Waals surface area contributed by atoms with Gasteiger partial charge >= 0.3 is 6.18 Å². The summed E-state index contributed by atoms with van der Waals surface area (Å²) in [5, 5.41) is 10.0. The topological polar surface area (TPSA) is 42.4 Å². The lowest BCUT2D eigenvalue weighted by molar-refractivity contribution is -0.137. The Kier molecular flexibility index (Phi) is 3.60. The molecule has 0 fully saturated rings. The second-order valence-electron chi connectivity index (χ2n) is 4.93. The number of hydrogen-bond donors (Lipinski definition) is 1. The van der Waals surface area contributed by atoms with Gasteiger partial charge in [-0.05, 0) is 18.2 Å². The van der Waals surface area contributed by atoms with E-state index < -0.39 is 17.5 Å². The van der Waals surface area contributed by atoms with Gasteiger partial charge in [-0.2, -0.15) is 13.2 Å². The molecule has 0 saturated heterocycles. The second kappa shape index (κ2) is 5.46. The molecule has 0 aliphatic heterocycles. The van der Waals surface area contributed by atoms with Crippen molar-refractivity contribution in [1.82, 2.24) is 4.98 Å².